The van der Waals surface area contributed by atoms with Gasteiger partial charge in [-0.1, -0.05) is 24.3 Å². The third-order valence-corrected chi connectivity index (χ3v) is 4.33. The van der Waals surface area contributed by atoms with Gasteiger partial charge < -0.3 is 18.8 Å². The predicted octanol–water partition coefficient (Wildman–Crippen LogP) is 4.17. The fourth-order valence-corrected chi connectivity index (χ4v) is 2.97. The number of hydrogen-bond acceptors (Lipinski definition) is 4. The third kappa shape index (κ3) is 3.57. The second kappa shape index (κ2) is 7.35. The van der Waals surface area contributed by atoms with E-state index in [9.17, 15) is 4.79 Å². The molecule has 1 aromatic heterocycles. The minimum Gasteiger partial charge on any atom is -0.467 e. The van der Waals surface area contributed by atoms with Gasteiger partial charge in [0.15, 0.2) is 11.5 Å². The Labute approximate surface area is 151 Å². The topological polar surface area (TPSA) is 51.9 Å². The van der Waals surface area contributed by atoms with E-state index in [1.54, 1.807) is 11.2 Å². The highest BCUT2D eigenvalue weighted by molar-refractivity contribution is 5.93. The van der Waals surface area contributed by atoms with E-state index < -0.39 is 0 Å². The minimum atomic E-state index is 0.0465. The molecule has 0 radical (unpaired) electrons. The van der Waals surface area contributed by atoms with Crippen LogP contribution < -0.4 is 14.4 Å². The average molecular weight is 349 g/mol. The van der Waals surface area contributed by atoms with Gasteiger partial charge in [-0.3, -0.25) is 4.79 Å². The van der Waals surface area contributed by atoms with Crippen LogP contribution in [0.4, 0.5) is 5.69 Å². The zero-order valence-electron chi connectivity index (χ0n) is 14.3. The lowest BCUT2D eigenvalue weighted by Gasteiger charge is -2.22. The number of carbonyl (C=O) groups excluding carboxylic acids is 1. The lowest BCUT2D eigenvalue weighted by Crippen LogP contribution is -2.30. The van der Waals surface area contributed by atoms with E-state index in [1.165, 1.54) is 0 Å². The number of fused-ring (bicyclic) bond motifs is 1. The fourth-order valence-electron chi connectivity index (χ4n) is 2.97. The Morgan fingerprint density at radius 3 is 2.62 bits per heavy atom. The van der Waals surface area contributed by atoms with Crippen molar-refractivity contribution >= 4 is 11.6 Å². The Bertz CT molecular complexity index is 874. The number of aryl methyl sites for hydroxylation is 1. The molecule has 5 heteroatoms. The molecule has 1 amide bonds. The summed E-state index contributed by atoms with van der Waals surface area (Å²) < 4.78 is 16.2. The number of rotatable bonds is 6. The Morgan fingerprint density at radius 2 is 1.81 bits per heavy atom. The summed E-state index contributed by atoms with van der Waals surface area (Å²) in [4.78, 5) is 14.7. The molecule has 0 saturated heterocycles. The Balaban J connectivity index is 1.47. The number of anilines is 1. The molecular weight excluding hydrogens is 330 g/mol. The zero-order valence-corrected chi connectivity index (χ0v) is 14.3. The van der Waals surface area contributed by atoms with Crippen LogP contribution in [0.2, 0.25) is 0 Å². The number of benzene rings is 2. The molecule has 0 fully saturated rings. The van der Waals surface area contributed by atoms with Crippen molar-refractivity contribution in [3.8, 4) is 11.5 Å². The van der Waals surface area contributed by atoms with Crippen LogP contribution >= 0.6 is 0 Å². The molecule has 0 atom stereocenters. The molecule has 132 valence electrons. The van der Waals surface area contributed by atoms with Crippen molar-refractivity contribution in [1.29, 1.82) is 0 Å². The summed E-state index contributed by atoms with van der Waals surface area (Å²) >= 11 is 0. The van der Waals surface area contributed by atoms with E-state index in [1.807, 2.05) is 60.7 Å². The number of nitrogens with zero attached hydrogens (tertiary/aromatic N) is 1. The van der Waals surface area contributed by atoms with Crippen LogP contribution in [0.1, 0.15) is 17.7 Å². The number of para-hydroxylation sites is 1. The second-order valence-electron chi connectivity index (χ2n) is 6.08. The summed E-state index contributed by atoms with van der Waals surface area (Å²) in [5, 5.41) is 0. The highest BCUT2D eigenvalue weighted by Gasteiger charge is 2.18. The van der Waals surface area contributed by atoms with Crippen molar-refractivity contribution < 1.29 is 18.7 Å². The van der Waals surface area contributed by atoms with E-state index in [0.29, 0.717) is 19.4 Å². The zero-order chi connectivity index (χ0) is 17.8. The van der Waals surface area contributed by atoms with E-state index in [2.05, 4.69) is 0 Å². The van der Waals surface area contributed by atoms with Crippen molar-refractivity contribution in [3.63, 3.8) is 0 Å². The highest BCUT2D eigenvalue weighted by atomic mass is 16.7. The standard InChI is InChI=1S/C21H19NO4/c23-21(11-9-16-8-10-19-20(13-16)26-15-25-19)22(14-18-7-4-12-24-18)17-5-2-1-3-6-17/h1-8,10,12-13H,9,11,14-15H2. The van der Waals surface area contributed by atoms with Crippen LogP contribution in [0.3, 0.4) is 0 Å². The molecule has 0 aliphatic carbocycles. The van der Waals surface area contributed by atoms with Gasteiger partial charge in [-0.05, 0) is 48.4 Å². The molecular formula is C21H19NO4. The molecule has 1 aliphatic rings. The van der Waals surface area contributed by atoms with Gasteiger partial charge in [-0.2, -0.15) is 0 Å². The van der Waals surface area contributed by atoms with Crippen LogP contribution in [-0.2, 0) is 17.8 Å². The first-order chi connectivity index (χ1) is 12.8. The first-order valence-corrected chi connectivity index (χ1v) is 8.56. The maximum atomic E-state index is 12.9. The largest absolute Gasteiger partial charge is 0.467 e. The van der Waals surface area contributed by atoms with Gasteiger partial charge in [-0.15, -0.1) is 0 Å². The van der Waals surface area contributed by atoms with Gasteiger partial charge in [0.2, 0.25) is 12.7 Å². The van der Waals surface area contributed by atoms with Crippen LogP contribution in [0, 0.1) is 0 Å². The Hall–Kier alpha value is -3.21. The van der Waals surface area contributed by atoms with Gasteiger partial charge in [0.25, 0.3) is 0 Å². The lowest BCUT2D eigenvalue weighted by atomic mass is 10.1. The molecule has 5 nitrogen and oxygen atoms in total. The number of carbonyl (C=O) groups is 1. The lowest BCUT2D eigenvalue weighted by molar-refractivity contribution is -0.118. The minimum absolute atomic E-state index is 0.0465. The number of amides is 1. The molecule has 1 aliphatic heterocycles. The molecule has 2 heterocycles. The first kappa shape index (κ1) is 16.3. The molecule has 4 rings (SSSR count). The van der Waals surface area contributed by atoms with E-state index >= 15 is 0 Å². The number of furan rings is 1. The van der Waals surface area contributed by atoms with Gasteiger partial charge >= 0.3 is 0 Å². The Kier molecular flexibility index (Phi) is 4.60. The van der Waals surface area contributed by atoms with Gasteiger partial charge in [0.05, 0.1) is 12.8 Å². The predicted molar refractivity (Wildman–Crippen MR) is 97.2 cm³/mol. The van der Waals surface area contributed by atoms with E-state index in [4.69, 9.17) is 13.9 Å². The summed E-state index contributed by atoms with van der Waals surface area (Å²) in [5.74, 6) is 2.30. The van der Waals surface area contributed by atoms with Gasteiger partial charge in [-0.25, -0.2) is 0 Å². The van der Waals surface area contributed by atoms with Gasteiger partial charge in [0, 0.05) is 12.1 Å². The van der Waals surface area contributed by atoms with Crippen molar-refractivity contribution in [3.05, 3.63) is 78.3 Å². The second-order valence-corrected chi connectivity index (χ2v) is 6.08. The third-order valence-electron chi connectivity index (χ3n) is 4.33. The van der Waals surface area contributed by atoms with Crippen LogP contribution in [0.15, 0.2) is 71.3 Å². The van der Waals surface area contributed by atoms with Crippen molar-refractivity contribution in [2.24, 2.45) is 0 Å². The molecule has 26 heavy (non-hydrogen) atoms. The molecule has 0 bridgehead atoms. The fraction of sp³-hybridized carbons (Fsp3) is 0.190. The van der Waals surface area contributed by atoms with E-state index in [0.717, 1.165) is 28.5 Å². The van der Waals surface area contributed by atoms with Crippen molar-refractivity contribution in [1.82, 2.24) is 0 Å². The summed E-state index contributed by atoms with van der Waals surface area (Å²) in [5.41, 5.74) is 1.91. The normalized spacial score (nSPS) is 12.2. The van der Waals surface area contributed by atoms with Crippen LogP contribution in [0.25, 0.3) is 0 Å². The average Bonchev–Trinajstić information content (AvgIpc) is 3.36. The van der Waals surface area contributed by atoms with Crippen molar-refractivity contribution in [2.45, 2.75) is 19.4 Å². The molecule has 2 aromatic carbocycles. The van der Waals surface area contributed by atoms with Gasteiger partial charge in [0.1, 0.15) is 5.76 Å². The molecule has 3 aromatic rings. The smallest absolute Gasteiger partial charge is 0.231 e. The molecule has 0 spiro atoms. The first-order valence-electron chi connectivity index (χ1n) is 8.56. The molecule has 0 N–H and O–H groups in total. The maximum absolute atomic E-state index is 12.9. The Morgan fingerprint density at radius 1 is 0.962 bits per heavy atom. The quantitative estimate of drug-likeness (QED) is 0.670. The number of ether oxygens (including phenoxy) is 2. The monoisotopic (exact) mass is 349 g/mol. The summed E-state index contributed by atoms with van der Waals surface area (Å²) in [6.45, 7) is 0.666. The van der Waals surface area contributed by atoms with Crippen LogP contribution in [-0.4, -0.2) is 12.7 Å². The summed E-state index contributed by atoms with van der Waals surface area (Å²) in [6.07, 6.45) is 2.65. The highest BCUT2D eigenvalue weighted by Crippen LogP contribution is 2.33. The van der Waals surface area contributed by atoms with Crippen molar-refractivity contribution in [2.75, 3.05) is 11.7 Å². The number of hydrogen-bond donors (Lipinski definition) is 0. The summed E-state index contributed by atoms with van der Waals surface area (Å²) in [7, 11) is 0. The molecule has 0 unspecified atom stereocenters. The van der Waals surface area contributed by atoms with Crippen LogP contribution in [0.5, 0.6) is 11.5 Å². The molecule has 0 saturated carbocycles. The SMILES string of the molecule is O=C(CCc1ccc2c(c1)OCO2)N(Cc1ccco1)c1ccccc1. The van der Waals surface area contributed by atoms with E-state index in [-0.39, 0.29) is 12.7 Å². The maximum Gasteiger partial charge on any atom is 0.231 e. The summed E-state index contributed by atoms with van der Waals surface area (Å²) in [6, 6.07) is 19.2.